The number of rotatable bonds is 7. The smallest absolute Gasteiger partial charge is 0.187 e. The highest BCUT2D eigenvalue weighted by atomic mass is 16.8. The van der Waals surface area contributed by atoms with Crippen LogP contribution in [0.3, 0.4) is 0 Å². The molecule has 14 bridgehead atoms. The number of hydrogen-bond donors (Lipinski definition) is 21. The normalized spacial score (nSPS) is 55.4. The van der Waals surface area contributed by atoms with Gasteiger partial charge in [0.25, 0.3) is 0 Å². The second-order valence-corrected chi connectivity index (χ2v) is 20.2. The van der Waals surface area contributed by atoms with Crippen molar-refractivity contribution in [3.63, 3.8) is 0 Å². The van der Waals surface area contributed by atoms with Crippen molar-refractivity contribution in [2.24, 2.45) is 11.7 Å². The third-order valence-electron chi connectivity index (χ3n) is 15.4. The molecule has 0 amide bonds. The van der Waals surface area contributed by atoms with E-state index in [1.54, 1.807) is 0 Å². The Balaban J connectivity index is 1.08. The molecule has 0 aromatic carbocycles. The first-order valence-corrected chi connectivity index (χ1v) is 25.0. The lowest BCUT2D eigenvalue weighted by Crippen LogP contribution is -2.69. The van der Waals surface area contributed by atoms with Crippen molar-refractivity contribution in [2.75, 3.05) is 46.2 Å². The fraction of sp³-hybridized carbons (Fsp3) is 1.00. The maximum absolute atomic E-state index is 11.5. The molecular formula is C43H73NO33. The summed E-state index contributed by atoms with van der Waals surface area (Å²) in [5, 5.41) is 220. The van der Waals surface area contributed by atoms with Crippen LogP contribution in [0.4, 0.5) is 0 Å². The van der Waals surface area contributed by atoms with Gasteiger partial charge < -0.3 is 169 Å². The van der Waals surface area contributed by atoms with Crippen LogP contribution in [-0.2, 0) is 61.6 Å². The lowest BCUT2D eigenvalue weighted by molar-refractivity contribution is -0.391. The van der Waals surface area contributed by atoms with E-state index >= 15 is 0 Å². The standard InChI is InChI=1S/C43H73NO33/c44-18-21(54)38-67-12(3-46)32(18)72-40-28(61)23(56)36(15(6-49)68-40)76-43-31(64)25(58)35(16(7-50)71-43)75-39-27(60)19(52)9(11(2-45)66-39)1-10-20(53)22(55)33(13(4-47)65-10)74-41-30(63)26(59)37(17(8-51)70-41)77-42-29(62)24(57)34(73-38)14(5-48)69-42/h9-43,45-64H,1-8,44H2/t9?,10?,11-,12-,13-,14-,15-,16-,17-,18-,19+,20+,21-,22-,23-,24-,25-,26-,27-,28?,29?,30-,31?,32-,33?,34-,35?,36?,37?,38?,39?,40?,41?,42?,43?/m1/s1. The Morgan fingerprint density at radius 3 is 0.792 bits per heavy atom. The zero-order chi connectivity index (χ0) is 56.1. The highest BCUT2D eigenvalue weighted by molar-refractivity contribution is 5.03. The molecule has 0 saturated carbocycles. The van der Waals surface area contributed by atoms with Crippen molar-refractivity contribution >= 4 is 0 Å². The van der Waals surface area contributed by atoms with Gasteiger partial charge >= 0.3 is 0 Å². The Morgan fingerprint density at radius 1 is 0.247 bits per heavy atom. The molecule has 34 nitrogen and oxygen atoms in total. The highest BCUT2D eigenvalue weighted by Gasteiger charge is 2.59. The molecule has 21 rings (SSSR count). The Kier molecular flexibility index (Phi) is 20.9. The van der Waals surface area contributed by atoms with Gasteiger partial charge in [0, 0.05) is 5.92 Å². The van der Waals surface area contributed by atoms with Gasteiger partial charge in [0.15, 0.2) is 37.7 Å². The predicted molar refractivity (Wildman–Crippen MR) is 234 cm³/mol. The van der Waals surface area contributed by atoms with Gasteiger partial charge in [-0.3, -0.25) is 0 Å². The molecule has 0 aliphatic carbocycles. The Hall–Kier alpha value is -1.36. The van der Waals surface area contributed by atoms with E-state index in [9.17, 15) is 102 Å². The fourth-order valence-corrected chi connectivity index (χ4v) is 11.0. The van der Waals surface area contributed by atoms with E-state index in [0.29, 0.717) is 0 Å². The monoisotopic (exact) mass is 1130 g/mol. The summed E-state index contributed by atoms with van der Waals surface area (Å²) in [5.41, 5.74) is 6.35. The third kappa shape index (κ3) is 12.1. The van der Waals surface area contributed by atoms with Crippen LogP contribution in [0.1, 0.15) is 6.42 Å². The summed E-state index contributed by atoms with van der Waals surface area (Å²) in [6.45, 7) is -6.87. The molecule has 0 spiro atoms. The first-order chi connectivity index (χ1) is 36.7. The average molecular weight is 1130 g/mol. The van der Waals surface area contributed by atoms with Gasteiger partial charge in [0.2, 0.25) is 0 Å². The zero-order valence-electron chi connectivity index (χ0n) is 40.7. The van der Waals surface area contributed by atoms with Gasteiger partial charge in [0.1, 0.15) is 146 Å². The maximum atomic E-state index is 11.5. The number of nitrogens with two attached hydrogens (primary N) is 1. The lowest BCUT2D eigenvalue weighted by Gasteiger charge is -2.50. The number of ether oxygens (including phenoxy) is 13. The van der Waals surface area contributed by atoms with Crippen molar-refractivity contribution in [3.8, 4) is 0 Å². The van der Waals surface area contributed by atoms with E-state index in [1.807, 2.05) is 0 Å². The van der Waals surface area contributed by atoms with Gasteiger partial charge in [-0.05, 0) is 6.42 Å². The summed E-state index contributed by atoms with van der Waals surface area (Å²) in [5.74, 6) is -1.37. The summed E-state index contributed by atoms with van der Waals surface area (Å²) in [6, 6.07) is -1.66. The molecule has 21 saturated heterocycles. The molecule has 0 aromatic rings. The van der Waals surface area contributed by atoms with Crippen LogP contribution in [0.25, 0.3) is 0 Å². The van der Waals surface area contributed by atoms with Crippen molar-refractivity contribution in [1.82, 2.24) is 0 Å². The minimum absolute atomic E-state index is 0.537. The van der Waals surface area contributed by atoms with E-state index in [1.165, 1.54) is 0 Å². The Morgan fingerprint density at radius 2 is 0.481 bits per heavy atom. The topological polar surface area (TPSA) is 551 Å². The third-order valence-corrected chi connectivity index (χ3v) is 15.4. The largest absolute Gasteiger partial charge is 0.394 e. The van der Waals surface area contributed by atoms with Gasteiger partial charge in [-0.25, -0.2) is 0 Å². The summed E-state index contributed by atoms with van der Waals surface area (Å²) >= 11 is 0. The van der Waals surface area contributed by atoms with Gasteiger partial charge in [-0.15, -0.1) is 0 Å². The van der Waals surface area contributed by atoms with Gasteiger partial charge in [-0.1, -0.05) is 0 Å². The Labute approximate surface area is 436 Å². The molecule has 21 aliphatic heterocycles. The average Bonchev–Trinajstić information content (AvgIpc) is 3.47. The van der Waals surface area contributed by atoms with Crippen molar-refractivity contribution in [3.05, 3.63) is 0 Å². The fourth-order valence-electron chi connectivity index (χ4n) is 11.0. The SMILES string of the molecule is N[C@H]1[C@@H]2OC3O[C@H](CO)C(OC4O[C@H](CO)C(OC5O[C@H](CO)C(CC6O[C@H](CO)C(OC7O[C@H](CO)C(OC8O[C@H](CO)[C@@H](OC(O[C@@H]2CO)[C@@H]1O)[C@H](O)C8O)[C@H](O)[C@H]7O)[C@H](O)[C@H]6O)[C@H](O)[C@H]5O)[C@H](O)C4O)[C@H](O)C3O. The molecule has 0 aromatic heterocycles. The van der Waals surface area contributed by atoms with Crippen molar-refractivity contribution in [1.29, 1.82) is 0 Å². The zero-order valence-corrected chi connectivity index (χ0v) is 40.7. The van der Waals surface area contributed by atoms with Crippen LogP contribution in [0.15, 0.2) is 0 Å². The van der Waals surface area contributed by atoms with Crippen LogP contribution in [0.2, 0.25) is 0 Å². The van der Waals surface area contributed by atoms with Crippen LogP contribution in [0.5, 0.6) is 0 Å². The second-order valence-electron chi connectivity index (χ2n) is 20.2. The molecule has 22 N–H and O–H groups in total. The molecule has 77 heavy (non-hydrogen) atoms. The summed E-state index contributed by atoms with van der Waals surface area (Å²) < 4.78 is 74.8. The van der Waals surface area contributed by atoms with E-state index < -0.39 is 267 Å². The van der Waals surface area contributed by atoms with Crippen LogP contribution in [-0.4, -0.2) is 357 Å². The molecule has 0 radical (unpaired) electrons. The van der Waals surface area contributed by atoms with E-state index in [-0.39, 0.29) is 0 Å². The molecular weight excluding hydrogens is 1060 g/mol. The van der Waals surface area contributed by atoms with Crippen LogP contribution >= 0.6 is 0 Å². The molecule has 21 fully saturated rings. The molecule has 35 atom stereocenters. The maximum Gasteiger partial charge on any atom is 0.187 e. The Bertz CT molecular complexity index is 1470. The van der Waals surface area contributed by atoms with E-state index in [4.69, 9.17) is 67.3 Å². The lowest BCUT2D eigenvalue weighted by atomic mass is 9.81. The highest BCUT2D eigenvalue weighted by Crippen LogP contribution is 2.40. The molecule has 15 unspecified atom stereocenters. The van der Waals surface area contributed by atoms with E-state index in [2.05, 4.69) is 0 Å². The predicted octanol–water partition coefficient (Wildman–Crippen LogP) is -14.6. The number of aliphatic hydroxyl groups is 20. The first kappa shape index (κ1) is 61.7. The van der Waals surface area contributed by atoms with Crippen molar-refractivity contribution in [2.45, 2.75) is 215 Å². The molecule has 21 aliphatic rings. The minimum atomic E-state index is -2.17. The minimum Gasteiger partial charge on any atom is -0.394 e. The van der Waals surface area contributed by atoms with E-state index in [0.717, 1.165) is 0 Å². The van der Waals surface area contributed by atoms with Crippen LogP contribution < -0.4 is 5.73 Å². The summed E-state index contributed by atoms with van der Waals surface area (Å²) in [6.07, 6.45) is -63.3. The summed E-state index contributed by atoms with van der Waals surface area (Å²) in [4.78, 5) is 0. The quantitative estimate of drug-likeness (QED) is 0.113. The van der Waals surface area contributed by atoms with Crippen molar-refractivity contribution < 1.29 is 164 Å². The first-order valence-electron chi connectivity index (χ1n) is 25.0. The molecule has 21 heterocycles. The number of hydrogen-bond acceptors (Lipinski definition) is 34. The molecule has 448 valence electrons. The van der Waals surface area contributed by atoms with Crippen LogP contribution in [0, 0.1) is 5.92 Å². The van der Waals surface area contributed by atoms with Gasteiger partial charge in [-0.2, -0.15) is 0 Å². The second kappa shape index (κ2) is 26.1. The van der Waals surface area contributed by atoms with Gasteiger partial charge in [0.05, 0.1) is 70.6 Å². The summed E-state index contributed by atoms with van der Waals surface area (Å²) in [7, 11) is 0. The number of aliphatic hydroxyl groups excluding tert-OH is 20. The molecule has 34 heteroatoms.